The van der Waals surface area contributed by atoms with Crippen LogP contribution in [-0.2, 0) is 0 Å². The van der Waals surface area contributed by atoms with E-state index in [1.54, 1.807) is 0 Å². The summed E-state index contributed by atoms with van der Waals surface area (Å²) >= 11 is 0. The number of allylic oxidation sites excluding steroid dienone is 1. The largest absolute Gasteiger partial charge is 0.317 e. The van der Waals surface area contributed by atoms with Gasteiger partial charge in [0.25, 0.3) is 0 Å². The van der Waals surface area contributed by atoms with Crippen molar-refractivity contribution in [2.45, 2.75) is 64.8 Å². The topological polar surface area (TPSA) is 12.0 Å². The van der Waals surface area contributed by atoms with E-state index >= 15 is 0 Å². The lowest BCUT2D eigenvalue weighted by Gasteiger charge is -2.24. The third-order valence-electron chi connectivity index (χ3n) is 4.42. The second-order valence-electron chi connectivity index (χ2n) is 6.07. The summed E-state index contributed by atoms with van der Waals surface area (Å²) in [7, 11) is 2.03. The molecule has 1 N–H and O–H groups in total. The molecule has 2 fully saturated rings. The maximum atomic E-state index is 3.77. The fraction of sp³-hybridized carbons (Fsp3) is 0.875. The van der Waals surface area contributed by atoms with Crippen LogP contribution in [0.1, 0.15) is 58.8 Å². The van der Waals surface area contributed by atoms with E-state index in [1.165, 1.54) is 44.9 Å². The van der Waals surface area contributed by atoms with E-state index in [2.05, 4.69) is 31.8 Å². The van der Waals surface area contributed by atoms with Gasteiger partial charge in [-0.3, -0.25) is 0 Å². The smallest absolute Gasteiger partial charge is 0.00640 e. The Hall–Kier alpha value is -0.300. The van der Waals surface area contributed by atoms with E-state index in [9.17, 15) is 0 Å². The molecule has 17 heavy (non-hydrogen) atoms. The molecule has 0 amide bonds. The number of nitrogens with one attached hydrogen (secondary N) is 1. The van der Waals surface area contributed by atoms with E-state index < -0.39 is 0 Å². The first kappa shape index (κ1) is 14.8. The highest BCUT2D eigenvalue weighted by Gasteiger charge is 2.26. The van der Waals surface area contributed by atoms with E-state index in [4.69, 9.17) is 0 Å². The highest BCUT2D eigenvalue weighted by atomic mass is 14.9. The summed E-state index contributed by atoms with van der Waals surface area (Å²) in [6, 6.07) is 0.764. The zero-order valence-electron chi connectivity index (χ0n) is 12.0. The molecule has 0 aromatic heterocycles. The molecular weight excluding hydrogens is 206 g/mol. The molecule has 0 heterocycles. The van der Waals surface area contributed by atoms with Gasteiger partial charge < -0.3 is 5.32 Å². The van der Waals surface area contributed by atoms with Crippen LogP contribution < -0.4 is 5.32 Å². The molecule has 100 valence electrons. The highest BCUT2D eigenvalue weighted by Crippen LogP contribution is 2.32. The monoisotopic (exact) mass is 237 g/mol. The maximum absolute atomic E-state index is 3.77. The zero-order valence-corrected chi connectivity index (χ0v) is 12.0. The first-order valence-corrected chi connectivity index (χ1v) is 7.45. The van der Waals surface area contributed by atoms with Crippen LogP contribution in [0.3, 0.4) is 0 Å². The minimum atomic E-state index is 0.764. The standard InChI is InChI=1S/C10H18.C6H13N/c1-3-4-10-7-5-9(2)6-8-10;1-5(7-2)6-3-4-6/h3,9-10H,1,4-8H2,2H3;5-7H,3-4H2,1-2H3. The molecule has 0 aliphatic heterocycles. The molecule has 2 saturated carbocycles. The van der Waals surface area contributed by atoms with Gasteiger partial charge >= 0.3 is 0 Å². The van der Waals surface area contributed by atoms with Crippen LogP contribution in [-0.4, -0.2) is 13.1 Å². The Kier molecular flexibility index (Phi) is 6.87. The molecule has 1 nitrogen and oxygen atoms in total. The number of rotatable bonds is 4. The summed E-state index contributed by atoms with van der Waals surface area (Å²) in [6.07, 6.45) is 12.0. The molecule has 2 rings (SSSR count). The number of hydrogen-bond donors (Lipinski definition) is 1. The SMILES string of the molecule is C=CCC1CCC(C)CC1.CNC(C)C1CC1. The molecular formula is C16H31N. The molecule has 0 saturated heterocycles. The summed E-state index contributed by atoms with van der Waals surface area (Å²) in [5, 5.41) is 3.23. The van der Waals surface area contributed by atoms with Gasteiger partial charge in [0.2, 0.25) is 0 Å². The van der Waals surface area contributed by atoms with Crippen molar-refractivity contribution < 1.29 is 0 Å². The Morgan fingerprint density at radius 3 is 2.12 bits per heavy atom. The van der Waals surface area contributed by atoms with Crippen molar-refractivity contribution in [3.63, 3.8) is 0 Å². The Morgan fingerprint density at radius 1 is 1.18 bits per heavy atom. The maximum Gasteiger partial charge on any atom is 0.00640 e. The lowest BCUT2D eigenvalue weighted by Crippen LogP contribution is -2.22. The van der Waals surface area contributed by atoms with Gasteiger partial charge in [-0.2, -0.15) is 0 Å². The molecule has 0 aromatic rings. The van der Waals surface area contributed by atoms with Crippen molar-refractivity contribution in [2.24, 2.45) is 17.8 Å². The summed E-state index contributed by atoms with van der Waals surface area (Å²) in [5.74, 6) is 2.96. The first-order valence-electron chi connectivity index (χ1n) is 7.45. The molecule has 0 bridgehead atoms. The van der Waals surface area contributed by atoms with Crippen LogP contribution >= 0.6 is 0 Å². The highest BCUT2D eigenvalue weighted by molar-refractivity contribution is 4.81. The van der Waals surface area contributed by atoms with Gasteiger partial charge in [-0.1, -0.05) is 25.8 Å². The van der Waals surface area contributed by atoms with Crippen LogP contribution in [0.25, 0.3) is 0 Å². The fourth-order valence-corrected chi connectivity index (χ4v) is 2.63. The average molecular weight is 237 g/mol. The van der Waals surface area contributed by atoms with Crippen molar-refractivity contribution in [1.82, 2.24) is 5.32 Å². The van der Waals surface area contributed by atoms with Crippen molar-refractivity contribution in [1.29, 1.82) is 0 Å². The third kappa shape index (κ3) is 6.26. The lowest BCUT2D eigenvalue weighted by atomic mass is 9.81. The van der Waals surface area contributed by atoms with Crippen LogP contribution in [0.5, 0.6) is 0 Å². The summed E-state index contributed by atoms with van der Waals surface area (Å²) in [4.78, 5) is 0. The van der Waals surface area contributed by atoms with Gasteiger partial charge in [-0.05, 0) is 63.8 Å². The van der Waals surface area contributed by atoms with Crippen molar-refractivity contribution in [3.05, 3.63) is 12.7 Å². The molecule has 1 heteroatoms. The second-order valence-corrected chi connectivity index (χ2v) is 6.07. The van der Waals surface area contributed by atoms with E-state index in [-0.39, 0.29) is 0 Å². The Labute approximate surface area is 108 Å². The quantitative estimate of drug-likeness (QED) is 0.715. The van der Waals surface area contributed by atoms with E-state index in [1.807, 2.05) is 7.05 Å². The molecule has 2 aliphatic carbocycles. The average Bonchev–Trinajstić information content (AvgIpc) is 3.16. The predicted octanol–water partition coefficient (Wildman–Crippen LogP) is 4.39. The molecule has 1 atom stereocenters. The van der Waals surface area contributed by atoms with Crippen molar-refractivity contribution in [2.75, 3.05) is 7.05 Å². The lowest BCUT2D eigenvalue weighted by molar-refractivity contribution is 0.292. The minimum Gasteiger partial charge on any atom is -0.317 e. The molecule has 0 radical (unpaired) electrons. The van der Waals surface area contributed by atoms with Crippen molar-refractivity contribution >= 4 is 0 Å². The van der Waals surface area contributed by atoms with Gasteiger partial charge in [-0.25, -0.2) is 0 Å². The third-order valence-corrected chi connectivity index (χ3v) is 4.42. The first-order chi connectivity index (χ1) is 8.17. The van der Waals surface area contributed by atoms with Crippen LogP contribution in [0.4, 0.5) is 0 Å². The Morgan fingerprint density at radius 2 is 1.76 bits per heavy atom. The Bertz CT molecular complexity index is 200. The summed E-state index contributed by atoms with van der Waals surface area (Å²) < 4.78 is 0. The second kappa shape index (κ2) is 7.92. The van der Waals surface area contributed by atoms with Crippen LogP contribution in [0.2, 0.25) is 0 Å². The normalized spacial score (nSPS) is 30.1. The summed E-state index contributed by atoms with van der Waals surface area (Å²) in [5.41, 5.74) is 0. The number of hydrogen-bond acceptors (Lipinski definition) is 1. The van der Waals surface area contributed by atoms with E-state index in [0.717, 1.165) is 23.8 Å². The molecule has 0 aromatic carbocycles. The minimum absolute atomic E-state index is 0.764. The van der Waals surface area contributed by atoms with Gasteiger partial charge in [0.1, 0.15) is 0 Å². The van der Waals surface area contributed by atoms with E-state index in [0.29, 0.717) is 0 Å². The molecule has 2 aliphatic rings. The molecule has 0 spiro atoms. The zero-order chi connectivity index (χ0) is 12.7. The molecule has 1 unspecified atom stereocenters. The van der Waals surface area contributed by atoms with Gasteiger partial charge in [0.15, 0.2) is 0 Å². The fourth-order valence-electron chi connectivity index (χ4n) is 2.63. The van der Waals surface area contributed by atoms with Gasteiger partial charge in [0.05, 0.1) is 0 Å². The Balaban J connectivity index is 0.000000181. The summed E-state index contributed by atoms with van der Waals surface area (Å²) in [6.45, 7) is 8.39. The van der Waals surface area contributed by atoms with Crippen LogP contribution in [0.15, 0.2) is 12.7 Å². The van der Waals surface area contributed by atoms with Gasteiger partial charge in [0, 0.05) is 6.04 Å². The van der Waals surface area contributed by atoms with Crippen LogP contribution in [0, 0.1) is 17.8 Å². The predicted molar refractivity (Wildman–Crippen MR) is 77.2 cm³/mol. The van der Waals surface area contributed by atoms with Gasteiger partial charge in [-0.15, -0.1) is 6.58 Å². The van der Waals surface area contributed by atoms with Crippen molar-refractivity contribution in [3.8, 4) is 0 Å².